The van der Waals surface area contributed by atoms with Gasteiger partial charge in [0.15, 0.2) is 17.2 Å². The van der Waals surface area contributed by atoms with Crippen molar-refractivity contribution in [3.05, 3.63) is 205 Å². The first-order valence-electron chi connectivity index (χ1n) is 26.1. The summed E-state index contributed by atoms with van der Waals surface area (Å²) in [5.41, 5.74) is 17.1. The van der Waals surface area contributed by atoms with Gasteiger partial charge in [0.1, 0.15) is 40.5 Å². The van der Waals surface area contributed by atoms with Gasteiger partial charge < -0.3 is 44.0 Å². The first-order chi connectivity index (χ1) is 39.9. The minimum absolute atomic E-state index is 0.00409. The largest absolute Gasteiger partial charge is 0.364 e. The van der Waals surface area contributed by atoms with Crippen molar-refractivity contribution in [2.75, 3.05) is 35.4 Å². The number of pyridine rings is 2. The number of carbonyl (C=O) groups is 6. The number of piperidine rings is 2. The Kier molecular flexibility index (Phi) is 19.1. The van der Waals surface area contributed by atoms with Gasteiger partial charge in [-0.15, -0.1) is 0 Å². The van der Waals surface area contributed by atoms with Crippen LogP contribution in [0.25, 0.3) is 44.8 Å². The molecule has 11 N–H and O–H groups in total. The van der Waals surface area contributed by atoms with Gasteiger partial charge in [-0.05, 0) is 157 Å². The Hall–Kier alpha value is -10.2. The summed E-state index contributed by atoms with van der Waals surface area (Å²) < 4.78 is 28.9. The molecule has 10 rings (SSSR count). The van der Waals surface area contributed by atoms with Crippen LogP contribution in [0.1, 0.15) is 104 Å². The SMILES string of the molecule is C=CC(=O)Cl.C=CC(=O)N1CCCC[C@H]1c1nc(-c2ccc(C(=O)Nc3cc(-c4ccc(F)cc4)ccn3)cc2)c(C(N)=O)n1N.NC(=O)c1c(-c2ccc(C(=O)Nc3cc(-c4ccc(F)cc4)ccn3)cc2)nc([C@@H]2CCCCN2)n1N. The third-order valence-electron chi connectivity index (χ3n) is 13.6. The zero-order chi connectivity index (χ0) is 59.3. The summed E-state index contributed by atoms with van der Waals surface area (Å²) in [7, 11) is 0. The monoisotopic (exact) mass is 1140 g/mol. The summed E-state index contributed by atoms with van der Waals surface area (Å²) in [5, 5.41) is 8.41. The molecular formula is C60H57ClF2N14O6. The standard InChI is InChI=1S/C30H28FN7O3.C27H26FN7O2.C3H3ClO/c1-2-25(39)37-16-4-3-5-23(37)29-36-26(27(28(32)40)38(29)33)19-6-8-20(9-7-19)30(41)35-24-17-21(14-15-34-24)18-10-12-22(31)13-11-18;28-20-10-8-16(9-11-20)19-12-14-32-22(15-19)33-27(37)18-6-4-17(5-7-18)23-24(25(29)36)35(30)26(34-23)21-3-1-2-13-31-21;1-2-3(4)5/h2,6-15,17,23H,1,3-5,16,33H2,(H2,32,40)(H,34,35,41);4-12,14-15,21,31H,1-3,13,30H2,(H2,29,36)(H,32,33,37);2H,1H2/t23-;21-;/m00./s1. The maximum atomic E-state index is 13.3. The summed E-state index contributed by atoms with van der Waals surface area (Å²) in [6, 6.07) is 31.7. The Morgan fingerprint density at radius 3 is 1.43 bits per heavy atom. The molecule has 4 aromatic carbocycles. The van der Waals surface area contributed by atoms with E-state index in [4.69, 9.17) is 34.8 Å². The third kappa shape index (κ3) is 14.2. The molecule has 0 bridgehead atoms. The molecule has 6 heterocycles. The maximum absolute atomic E-state index is 13.3. The number of primary amides is 2. The zero-order valence-corrected chi connectivity index (χ0v) is 45.4. The van der Waals surface area contributed by atoms with Gasteiger partial charge >= 0.3 is 0 Å². The average molecular weight is 1140 g/mol. The third-order valence-corrected chi connectivity index (χ3v) is 13.7. The number of nitrogen functional groups attached to an aromatic ring is 2. The van der Waals surface area contributed by atoms with E-state index in [1.807, 2.05) is 0 Å². The van der Waals surface area contributed by atoms with Gasteiger partial charge in [0.05, 0.1) is 12.1 Å². The molecule has 0 saturated carbocycles. The van der Waals surface area contributed by atoms with Gasteiger partial charge in [0.2, 0.25) is 11.1 Å². The van der Waals surface area contributed by atoms with E-state index in [9.17, 15) is 37.5 Å². The quantitative estimate of drug-likeness (QED) is 0.0305. The summed E-state index contributed by atoms with van der Waals surface area (Å²) in [6.07, 6.45) is 10.7. The molecule has 8 aromatic rings. The number of likely N-dealkylation sites (tertiary alicyclic amines) is 1. The fraction of sp³-hybridized carbons (Fsp3) is 0.167. The molecule has 0 spiro atoms. The lowest BCUT2D eigenvalue weighted by Gasteiger charge is -2.34. The second-order valence-corrected chi connectivity index (χ2v) is 19.4. The molecule has 0 aliphatic carbocycles. The van der Waals surface area contributed by atoms with Crippen LogP contribution < -0.4 is 39.1 Å². The Labute approximate surface area is 480 Å². The number of carbonyl (C=O) groups excluding carboxylic acids is 6. The molecule has 2 aliphatic rings. The van der Waals surface area contributed by atoms with Gasteiger partial charge in [-0.3, -0.25) is 28.8 Å². The predicted molar refractivity (Wildman–Crippen MR) is 312 cm³/mol. The number of benzene rings is 4. The van der Waals surface area contributed by atoms with E-state index < -0.39 is 29.0 Å². The lowest BCUT2D eigenvalue weighted by molar-refractivity contribution is -0.130. The predicted octanol–water partition coefficient (Wildman–Crippen LogP) is 8.62. The molecule has 83 heavy (non-hydrogen) atoms. The first-order valence-corrected chi connectivity index (χ1v) is 26.4. The maximum Gasteiger partial charge on any atom is 0.269 e. The van der Waals surface area contributed by atoms with E-state index in [0.717, 1.165) is 71.7 Å². The summed E-state index contributed by atoms with van der Waals surface area (Å²) in [5.74, 6) is 11.0. The molecular weight excluding hydrogens is 1090 g/mol. The van der Waals surface area contributed by atoms with Gasteiger partial charge in [-0.25, -0.2) is 38.1 Å². The fourth-order valence-electron chi connectivity index (χ4n) is 9.49. The highest BCUT2D eigenvalue weighted by atomic mass is 35.5. The number of halogens is 3. The minimum Gasteiger partial charge on any atom is -0.364 e. The number of allylic oxidation sites excluding steroid dienone is 1. The van der Waals surface area contributed by atoms with Crippen molar-refractivity contribution in [3.63, 3.8) is 0 Å². The van der Waals surface area contributed by atoms with Crippen molar-refractivity contribution in [2.45, 2.75) is 50.6 Å². The minimum atomic E-state index is -0.771. The fourth-order valence-corrected chi connectivity index (χ4v) is 9.49. The van der Waals surface area contributed by atoms with E-state index >= 15 is 0 Å². The molecule has 2 fully saturated rings. The zero-order valence-electron chi connectivity index (χ0n) is 44.6. The number of anilines is 2. The molecule has 2 aliphatic heterocycles. The number of nitrogens with zero attached hydrogens (tertiary/aromatic N) is 7. The molecule has 424 valence electrons. The van der Waals surface area contributed by atoms with Gasteiger partial charge in [0, 0.05) is 41.2 Å². The number of rotatable bonds is 14. The number of nitrogens with two attached hydrogens (primary N) is 4. The highest BCUT2D eigenvalue weighted by Crippen LogP contribution is 2.35. The lowest BCUT2D eigenvalue weighted by Crippen LogP contribution is -2.39. The van der Waals surface area contributed by atoms with Crippen LogP contribution in [0.3, 0.4) is 0 Å². The summed E-state index contributed by atoms with van der Waals surface area (Å²) in [6.45, 7) is 8.03. The van der Waals surface area contributed by atoms with Gasteiger partial charge in [-0.2, -0.15) is 0 Å². The molecule has 23 heteroatoms. The molecule has 0 radical (unpaired) electrons. The molecule has 5 amide bonds. The Morgan fingerprint density at radius 1 is 0.578 bits per heavy atom. The van der Waals surface area contributed by atoms with Crippen LogP contribution in [0.2, 0.25) is 0 Å². The number of aromatic nitrogens is 6. The Balaban J connectivity index is 0.000000201. The second-order valence-electron chi connectivity index (χ2n) is 19.0. The van der Waals surface area contributed by atoms with Crippen LogP contribution in [0.4, 0.5) is 20.4 Å². The second kappa shape index (κ2) is 26.8. The first kappa shape index (κ1) is 58.9. The average Bonchev–Trinajstić information content (AvgIpc) is 4.28. The van der Waals surface area contributed by atoms with Crippen LogP contribution >= 0.6 is 11.6 Å². The van der Waals surface area contributed by atoms with Crippen molar-refractivity contribution in [1.82, 2.24) is 39.5 Å². The number of hydrogen-bond donors (Lipinski definition) is 7. The molecule has 20 nitrogen and oxygen atoms in total. The van der Waals surface area contributed by atoms with Crippen LogP contribution in [0.5, 0.6) is 0 Å². The number of imidazole rings is 2. The number of hydrogen-bond acceptors (Lipinski definition) is 13. The van der Waals surface area contributed by atoms with Crippen LogP contribution in [-0.4, -0.2) is 82.1 Å². The van der Waals surface area contributed by atoms with E-state index in [2.05, 4.69) is 49.0 Å². The van der Waals surface area contributed by atoms with Gasteiger partial charge in [-0.1, -0.05) is 68.1 Å². The van der Waals surface area contributed by atoms with Crippen molar-refractivity contribution in [2.24, 2.45) is 11.5 Å². The molecule has 2 saturated heterocycles. The molecule has 0 unspecified atom stereocenters. The van der Waals surface area contributed by atoms with E-state index in [1.165, 1.54) is 35.0 Å². The van der Waals surface area contributed by atoms with Crippen LogP contribution in [0, 0.1) is 11.6 Å². The summed E-state index contributed by atoms with van der Waals surface area (Å²) >= 11 is 4.71. The topological polar surface area (TPSA) is 307 Å². The lowest BCUT2D eigenvalue weighted by atomic mass is 10.0. The summed E-state index contributed by atoms with van der Waals surface area (Å²) in [4.78, 5) is 91.7. The Morgan fingerprint density at radius 2 is 1.01 bits per heavy atom. The van der Waals surface area contributed by atoms with Crippen molar-refractivity contribution in [1.29, 1.82) is 0 Å². The van der Waals surface area contributed by atoms with Crippen molar-refractivity contribution < 1.29 is 37.5 Å². The number of amides is 5. The van der Waals surface area contributed by atoms with Gasteiger partial charge in [0.25, 0.3) is 23.6 Å². The van der Waals surface area contributed by atoms with Crippen molar-refractivity contribution >= 4 is 58.0 Å². The smallest absolute Gasteiger partial charge is 0.269 e. The molecule has 4 aromatic heterocycles. The van der Waals surface area contributed by atoms with E-state index in [-0.39, 0.29) is 46.6 Å². The van der Waals surface area contributed by atoms with E-state index in [1.54, 1.807) is 114 Å². The van der Waals surface area contributed by atoms with E-state index in [0.29, 0.717) is 64.2 Å². The van der Waals surface area contributed by atoms with Crippen molar-refractivity contribution in [3.8, 4) is 44.8 Å². The van der Waals surface area contributed by atoms with Crippen LogP contribution in [0.15, 0.2) is 159 Å². The Bertz CT molecular complexity index is 3720. The number of nitrogens with one attached hydrogen (secondary N) is 3. The highest BCUT2D eigenvalue weighted by Gasteiger charge is 2.34. The molecule has 2 atom stereocenters. The normalized spacial score (nSPS) is 14.6. The highest BCUT2D eigenvalue weighted by molar-refractivity contribution is 6.66. The van der Waals surface area contributed by atoms with Crippen LogP contribution in [-0.2, 0) is 9.59 Å².